The number of hydrogen-bond donors (Lipinski definition) is 0. The number of carbonyl (C=O) groups excluding carboxylic acids is 3. The number of ether oxygens (including phenoxy) is 2. The number of rotatable bonds is 1. The van der Waals surface area contributed by atoms with E-state index in [4.69, 9.17) is 21.1 Å². The summed E-state index contributed by atoms with van der Waals surface area (Å²) < 4.78 is 10.4. The number of amides is 4. The first-order valence-electron chi connectivity index (χ1n) is 6.31. The molecule has 1 aromatic carbocycles. The highest BCUT2D eigenvalue weighted by Gasteiger charge is 2.37. The van der Waals surface area contributed by atoms with Gasteiger partial charge in [-0.05, 0) is 23.8 Å². The molecule has 3 rings (SSSR count). The van der Waals surface area contributed by atoms with Crippen LogP contribution in [-0.4, -0.2) is 48.5 Å². The van der Waals surface area contributed by atoms with Crippen LogP contribution in [0, 0.1) is 0 Å². The fraction of sp³-hybridized carbons (Fsp3) is 0.214. The summed E-state index contributed by atoms with van der Waals surface area (Å²) in [6.07, 6.45) is 1.37. The Kier molecular flexibility index (Phi) is 3.29. The highest BCUT2D eigenvalue weighted by Crippen LogP contribution is 2.40. The van der Waals surface area contributed by atoms with Gasteiger partial charge in [-0.3, -0.25) is 19.4 Å². The summed E-state index contributed by atoms with van der Waals surface area (Å²) in [5, 5.41) is 0.315. The van der Waals surface area contributed by atoms with Crippen LogP contribution >= 0.6 is 11.6 Å². The highest BCUT2D eigenvalue weighted by molar-refractivity contribution is 6.33. The van der Waals surface area contributed by atoms with E-state index in [1.807, 2.05) is 0 Å². The lowest BCUT2D eigenvalue weighted by Crippen LogP contribution is -2.52. The molecule has 2 aliphatic heterocycles. The Balaban J connectivity index is 2.04. The average Bonchev–Trinajstić information content (AvgIpc) is 2.96. The molecule has 8 heteroatoms. The summed E-state index contributed by atoms with van der Waals surface area (Å²) in [5.41, 5.74) is 0.377. The minimum Gasteiger partial charge on any atom is -0.454 e. The Bertz CT molecular complexity index is 717. The summed E-state index contributed by atoms with van der Waals surface area (Å²) >= 11 is 6.07. The van der Waals surface area contributed by atoms with Gasteiger partial charge in [0, 0.05) is 14.1 Å². The second-order valence-corrected chi connectivity index (χ2v) is 5.21. The van der Waals surface area contributed by atoms with Crippen molar-refractivity contribution in [3.8, 4) is 11.5 Å². The predicted octanol–water partition coefficient (Wildman–Crippen LogP) is 1.50. The Morgan fingerprint density at radius 2 is 1.73 bits per heavy atom. The lowest BCUT2D eigenvalue weighted by atomic mass is 10.1. The molecule has 0 spiro atoms. The van der Waals surface area contributed by atoms with Gasteiger partial charge in [-0.15, -0.1) is 0 Å². The first-order chi connectivity index (χ1) is 10.4. The largest absolute Gasteiger partial charge is 0.454 e. The molecule has 0 N–H and O–H groups in total. The normalized spacial score (nSPS) is 17.4. The molecule has 2 heterocycles. The smallest absolute Gasteiger partial charge is 0.333 e. The van der Waals surface area contributed by atoms with Gasteiger partial charge in [-0.2, -0.15) is 0 Å². The van der Waals surface area contributed by atoms with Crippen LogP contribution in [0.1, 0.15) is 5.56 Å². The third-order valence-electron chi connectivity index (χ3n) is 3.40. The van der Waals surface area contributed by atoms with Crippen molar-refractivity contribution in [2.24, 2.45) is 0 Å². The van der Waals surface area contributed by atoms with Gasteiger partial charge in [0.1, 0.15) is 5.57 Å². The monoisotopic (exact) mass is 322 g/mol. The van der Waals surface area contributed by atoms with Gasteiger partial charge in [0.05, 0.1) is 5.02 Å². The minimum atomic E-state index is -0.670. The van der Waals surface area contributed by atoms with Crippen LogP contribution in [-0.2, 0) is 9.59 Å². The Hall–Kier alpha value is -2.54. The van der Waals surface area contributed by atoms with Gasteiger partial charge in [-0.1, -0.05) is 11.6 Å². The molecular formula is C14H11ClN2O5. The Morgan fingerprint density at radius 3 is 2.36 bits per heavy atom. The average molecular weight is 323 g/mol. The van der Waals surface area contributed by atoms with Crippen LogP contribution in [0.5, 0.6) is 11.5 Å². The molecule has 1 aromatic rings. The van der Waals surface area contributed by atoms with E-state index in [-0.39, 0.29) is 12.4 Å². The third kappa shape index (κ3) is 2.10. The third-order valence-corrected chi connectivity index (χ3v) is 3.69. The van der Waals surface area contributed by atoms with E-state index in [1.54, 1.807) is 12.1 Å². The number of fused-ring (bicyclic) bond motifs is 1. The predicted molar refractivity (Wildman–Crippen MR) is 76.5 cm³/mol. The quantitative estimate of drug-likeness (QED) is 0.578. The van der Waals surface area contributed by atoms with Crippen LogP contribution < -0.4 is 9.47 Å². The first kappa shape index (κ1) is 14.4. The number of carbonyl (C=O) groups is 3. The number of urea groups is 1. The SMILES string of the molecule is CN1C(=O)C(=Cc2cc(Cl)c3c(c2)OCO3)C(=O)N(C)C1=O. The maximum Gasteiger partial charge on any atom is 0.333 e. The van der Waals surface area contributed by atoms with Crippen molar-refractivity contribution in [2.45, 2.75) is 0 Å². The molecule has 0 unspecified atom stereocenters. The van der Waals surface area contributed by atoms with Crippen LogP contribution in [0.15, 0.2) is 17.7 Å². The van der Waals surface area contributed by atoms with Crippen LogP contribution in [0.3, 0.4) is 0 Å². The standard InChI is InChI=1S/C14H11ClN2O5/c1-16-12(18)8(13(19)17(2)14(16)20)3-7-4-9(15)11-10(5-7)21-6-22-11/h3-5H,6H2,1-2H3. The second-order valence-electron chi connectivity index (χ2n) is 4.81. The van der Waals surface area contributed by atoms with Crippen molar-refractivity contribution in [3.05, 3.63) is 28.3 Å². The molecular weight excluding hydrogens is 312 g/mol. The molecule has 0 saturated carbocycles. The van der Waals surface area contributed by atoms with E-state index in [9.17, 15) is 14.4 Å². The molecule has 0 bridgehead atoms. The van der Waals surface area contributed by atoms with Gasteiger partial charge in [0.15, 0.2) is 11.5 Å². The molecule has 7 nitrogen and oxygen atoms in total. The molecule has 0 aromatic heterocycles. The van der Waals surface area contributed by atoms with Gasteiger partial charge < -0.3 is 9.47 Å². The molecule has 0 aliphatic carbocycles. The Morgan fingerprint density at radius 1 is 1.09 bits per heavy atom. The second kappa shape index (κ2) is 5.03. The molecule has 2 aliphatic rings. The van der Waals surface area contributed by atoms with Crippen molar-refractivity contribution in [1.29, 1.82) is 0 Å². The van der Waals surface area contributed by atoms with Crippen LogP contribution in [0.4, 0.5) is 4.79 Å². The van der Waals surface area contributed by atoms with Crippen molar-refractivity contribution in [1.82, 2.24) is 9.80 Å². The minimum absolute atomic E-state index is 0.0624. The van der Waals surface area contributed by atoms with Gasteiger partial charge in [0.2, 0.25) is 6.79 Å². The topological polar surface area (TPSA) is 76.2 Å². The maximum absolute atomic E-state index is 12.1. The maximum atomic E-state index is 12.1. The molecule has 1 saturated heterocycles. The molecule has 22 heavy (non-hydrogen) atoms. The summed E-state index contributed by atoms with van der Waals surface area (Å²) in [4.78, 5) is 37.7. The van der Waals surface area contributed by atoms with E-state index < -0.39 is 17.8 Å². The van der Waals surface area contributed by atoms with Crippen molar-refractivity contribution in [2.75, 3.05) is 20.9 Å². The summed E-state index contributed by atoms with van der Waals surface area (Å²) in [6.45, 7) is 0.0624. The van der Waals surface area contributed by atoms with E-state index in [0.717, 1.165) is 9.80 Å². The number of barbiturate groups is 1. The lowest BCUT2D eigenvalue weighted by molar-refractivity contribution is -0.134. The van der Waals surface area contributed by atoms with Gasteiger partial charge >= 0.3 is 6.03 Å². The number of hydrogen-bond acceptors (Lipinski definition) is 5. The van der Waals surface area contributed by atoms with Gasteiger partial charge in [-0.25, -0.2) is 4.79 Å². The lowest BCUT2D eigenvalue weighted by Gasteiger charge is -2.28. The zero-order chi connectivity index (χ0) is 16.0. The van der Waals surface area contributed by atoms with Crippen molar-refractivity contribution < 1.29 is 23.9 Å². The van der Waals surface area contributed by atoms with Crippen molar-refractivity contribution in [3.63, 3.8) is 0 Å². The summed E-state index contributed by atoms with van der Waals surface area (Å²) in [6, 6.07) is 2.49. The van der Waals surface area contributed by atoms with E-state index >= 15 is 0 Å². The molecule has 1 fully saturated rings. The zero-order valence-electron chi connectivity index (χ0n) is 11.8. The van der Waals surface area contributed by atoms with Crippen molar-refractivity contribution >= 4 is 35.5 Å². The fourth-order valence-corrected chi connectivity index (χ4v) is 2.49. The van der Waals surface area contributed by atoms with E-state index in [0.29, 0.717) is 22.1 Å². The number of benzene rings is 1. The fourth-order valence-electron chi connectivity index (χ4n) is 2.21. The zero-order valence-corrected chi connectivity index (χ0v) is 12.5. The number of likely N-dealkylation sites (N-methyl/N-ethyl adjacent to an activating group) is 2. The highest BCUT2D eigenvalue weighted by atomic mass is 35.5. The number of halogens is 1. The number of nitrogens with zero attached hydrogens (tertiary/aromatic N) is 2. The summed E-state index contributed by atoms with van der Waals surface area (Å²) in [7, 11) is 2.63. The van der Waals surface area contributed by atoms with Crippen LogP contribution in [0.2, 0.25) is 5.02 Å². The van der Waals surface area contributed by atoms with E-state index in [2.05, 4.69) is 0 Å². The molecule has 114 valence electrons. The summed E-state index contributed by atoms with van der Waals surface area (Å²) in [5.74, 6) is -0.467. The number of imide groups is 2. The Labute approximate surface area is 130 Å². The molecule has 0 radical (unpaired) electrons. The van der Waals surface area contributed by atoms with Crippen LogP contribution in [0.25, 0.3) is 6.08 Å². The van der Waals surface area contributed by atoms with E-state index in [1.165, 1.54) is 20.2 Å². The first-order valence-corrected chi connectivity index (χ1v) is 6.69. The molecule has 0 atom stereocenters. The van der Waals surface area contributed by atoms with Gasteiger partial charge in [0.25, 0.3) is 11.8 Å². The molecule has 4 amide bonds.